The molecule has 3 aromatic heterocycles. The van der Waals surface area contributed by atoms with E-state index in [1.807, 2.05) is 272 Å². The Balaban J connectivity index is 0.000000146. The summed E-state index contributed by atoms with van der Waals surface area (Å²) in [5.41, 5.74) is 15.1. The number of carbonyl (C=O) groups is 6. The van der Waals surface area contributed by atoms with E-state index in [0.29, 0.717) is 66.0 Å². The number of hydrogen-bond acceptors (Lipinski definition) is 12. The zero-order valence-corrected chi connectivity index (χ0v) is 79.3. The van der Waals surface area contributed by atoms with Crippen LogP contribution < -0.4 is 10.8 Å². The number of nitrogens with zero attached hydrogens (tertiary/aromatic N) is 5. The minimum atomic E-state index is -1.24. The summed E-state index contributed by atoms with van der Waals surface area (Å²) in [6.45, 7) is 14.5. The highest BCUT2D eigenvalue weighted by Crippen LogP contribution is 2.59. The number of likely N-dealkylation sites (tertiary alicyclic amines) is 3. The van der Waals surface area contributed by atoms with Crippen LogP contribution in [-0.2, 0) is 64.6 Å². The number of hydrogen-bond donors (Lipinski definition) is 5. The quantitative estimate of drug-likeness (QED) is 0.0229. The van der Waals surface area contributed by atoms with E-state index in [-0.39, 0.29) is 68.0 Å². The smallest absolute Gasteiger partial charge is 0.325 e. The number of piperazine rings is 1. The van der Waals surface area contributed by atoms with E-state index < -0.39 is 32.4 Å². The standard InChI is InChI=1S/C34H35BrClN5O2S2.C34H29BrClN3O3S.C29H26BrClN2O3S/c1-3-37-33(44)40-16-14-39(15-17-40)32(43)34(45-26-11-4-22(2)5-12-26)19-30(42)41(21-23-6-8-24(35)9-7-23)31(34)28-20-38-29-18-25(36)10-13-27(28)29;1-22-7-14-27(15-8-22)43-34(33(41)38-42-21-24-5-3-2-4-6-24)18-31(40)39(20-23-9-11-25(35)12-10-23)32(34)29-19-37-30-17-26(36)13-16-28(29)30;1-3-36-28(35)29(37-22-11-4-18(2)5-12-22)15-26(34)33(17-19-6-8-20(30)9-7-19)27(29)24-16-32-25-14-21(31)10-13-23(24)25/h4-13,18,20,31,38H,3,14-17,19,21H2,1-2H3,(H,37,44);2-17,19,32,37H,18,20-21H2,1H3,(H,38,41);4-14,16,27,32H,3,15,17H2,1-2H3/t31-,34-;32-,34-;27-,29-/m000/s1. The minimum absolute atomic E-state index is 0.00642. The third-order valence-electron chi connectivity index (χ3n) is 22.9. The zero-order valence-electron chi connectivity index (χ0n) is 69.0. The maximum Gasteiger partial charge on any atom is 0.325 e. The maximum absolute atomic E-state index is 15.1. The Bertz CT molecular complexity index is 6110. The second kappa shape index (κ2) is 39.9. The first-order valence-electron chi connectivity index (χ1n) is 40.9. The molecule has 28 heteroatoms. The zero-order chi connectivity index (χ0) is 87.8. The molecule has 0 saturated carbocycles. The van der Waals surface area contributed by atoms with Crippen LogP contribution in [0.2, 0.25) is 15.1 Å². The number of amides is 5. The molecule has 18 nitrogen and oxygen atoms in total. The van der Waals surface area contributed by atoms with Gasteiger partial charge >= 0.3 is 5.97 Å². The Morgan fingerprint density at radius 2 is 0.808 bits per heavy atom. The van der Waals surface area contributed by atoms with Crippen molar-refractivity contribution >= 4 is 203 Å². The summed E-state index contributed by atoms with van der Waals surface area (Å²) >= 11 is 39.4. The van der Waals surface area contributed by atoms with Crippen molar-refractivity contribution < 1.29 is 38.3 Å². The average Bonchev–Trinajstić information content (AvgIpc) is 1.64. The summed E-state index contributed by atoms with van der Waals surface area (Å²) in [7, 11) is 0. The van der Waals surface area contributed by atoms with Crippen LogP contribution in [0.25, 0.3) is 32.7 Å². The van der Waals surface area contributed by atoms with Crippen LogP contribution in [0.3, 0.4) is 0 Å². The van der Waals surface area contributed by atoms with Crippen LogP contribution in [-0.4, -0.2) is 134 Å². The molecule has 17 rings (SSSR count). The Labute approximate surface area is 784 Å². The Morgan fingerprint density at radius 3 is 1.20 bits per heavy atom. The lowest BCUT2D eigenvalue weighted by Crippen LogP contribution is -2.58. The number of esters is 1. The molecular formula is C97H90Br3Cl3N10O8S4. The van der Waals surface area contributed by atoms with E-state index in [1.54, 1.807) is 6.92 Å². The van der Waals surface area contributed by atoms with Gasteiger partial charge in [-0.1, -0.05) is 221 Å². The number of aromatic amines is 3. The van der Waals surface area contributed by atoms with Crippen molar-refractivity contribution in [1.29, 1.82) is 0 Å². The van der Waals surface area contributed by atoms with Crippen molar-refractivity contribution in [2.45, 2.75) is 127 Å². The number of thiocarbonyl (C=S) groups is 1. The van der Waals surface area contributed by atoms with Crippen molar-refractivity contribution in [3.8, 4) is 0 Å². The SMILES string of the molecule is CCNC(=S)N1CCN(C(=O)[C@]2(Sc3ccc(C)cc3)CC(=O)N(Cc3ccc(Br)cc3)[C@H]2c2c[nH]c3cc(Cl)ccc23)CC1.CCOC(=O)[C@]1(Sc2ccc(C)cc2)CC(=O)N(Cc2ccc(Br)cc2)[C@H]1c1c[nH]c2cc(Cl)ccc12.Cc1ccc(S[C@@]2(C(=O)NOCc3ccccc3)CC(=O)N(Cc3ccc(Br)cc3)[C@H]2c2c[nH]c3cc(Cl)ccc23)cc1. The predicted octanol–water partition coefficient (Wildman–Crippen LogP) is 22.5. The van der Waals surface area contributed by atoms with Crippen LogP contribution in [0.15, 0.2) is 277 Å². The third kappa shape index (κ3) is 20.2. The molecule has 4 aliphatic rings. The van der Waals surface area contributed by atoms with Crippen LogP contribution in [0.5, 0.6) is 0 Å². The molecule has 7 heterocycles. The van der Waals surface area contributed by atoms with E-state index >= 15 is 4.79 Å². The largest absolute Gasteiger partial charge is 0.465 e. The van der Waals surface area contributed by atoms with Crippen molar-refractivity contribution in [2.24, 2.45) is 0 Å². The fourth-order valence-electron chi connectivity index (χ4n) is 16.8. The lowest BCUT2D eigenvalue weighted by Gasteiger charge is -2.43. The summed E-state index contributed by atoms with van der Waals surface area (Å²) in [4.78, 5) is 114. The molecule has 0 radical (unpaired) electrons. The molecule has 642 valence electrons. The van der Waals surface area contributed by atoms with Crippen LogP contribution in [0, 0.1) is 20.8 Å². The highest BCUT2D eigenvalue weighted by atomic mass is 79.9. The van der Waals surface area contributed by atoms with Gasteiger partial charge in [0.2, 0.25) is 23.6 Å². The number of thioether (sulfide) groups is 3. The highest BCUT2D eigenvalue weighted by molar-refractivity contribution is 9.11. The molecule has 10 aromatic carbocycles. The van der Waals surface area contributed by atoms with Crippen LogP contribution in [0.4, 0.5) is 0 Å². The monoisotopic (exact) mass is 1990 g/mol. The molecule has 4 saturated heterocycles. The number of fused-ring (bicyclic) bond motifs is 3. The van der Waals surface area contributed by atoms with Gasteiger partial charge < -0.3 is 49.5 Å². The summed E-state index contributed by atoms with van der Waals surface area (Å²) in [6, 6.07) is 72.9. The second-order valence-electron chi connectivity index (χ2n) is 31.4. The normalized spacial score (nSPS) is 19.4. The van der Waals surface area contributed by atoms with Crippen molar-refractivity contribution in [3.05, 3.63) is 333 Å². The van der Waals surface area contributed by atoms with Gasteiger partial charge in [0.1, 0.15) is 9.49 Å². The Kier molecular flexibility index (Phi) is 28.9. The number of benzene rings is 10. The summed E-state index contributed by atoms with van der Waals surface area (Å²) in [5, 5.41) is 8.53. The van der Waals surface area contributed by atoms with E-state index in [0.717, 1.165) is 123 Å². The lowest BCUT2D eigenvalue weighted by molar-refractivity contribution is -0.147. The fourth-order valence-corrected chi connectivity index (χ4v) is 22.7. The first-order chi connectivity index (χ1) is 60.3. The number of aromatic nitrogens is 3. The number of ether oxygens (including phenoxy) is 1. The first kappa shape index (κ1) is 90.4. The molecular weight excluding hydrogens is 1910 g/mol. The van der Waals surface area contributed by atoms with Gasteiger partial charge in [-0.25, -0.2) is 5.48 Å². The van der Waals surface area contributed by atoms with Gasteiger partial charge in [0.15, 0.2) is 9.86 Å². The van der Waals surface area contributed by atoms with Crippen LogP contribution in [0.1, 0.15) is 107 Å². The molecule has 125 heavy (non-hydrogen) atoms. The van der Waals surface area contributed by atoms with Gasteiger partial charge in [0.05, 0.1) is 50.6 Å². The van der Waals surface area contributed by atoms with Gasteiger partial charge in [-0.15, -0.1) is 35.3 Å². The van der Waals surface area contributed by atoms with Gasteiger partial charge in [-0.2, -0.15) is 0 Å². The number of H-pyrrole nitrogens is 3. The number of carbonyl (C=O) groups excluding carboxylic acids is 6. The first-order valence-corrected chi connectivity index (χ1v) is 47.3. The predicted molar refractivity (Wildman–Crippen MR) is 516 cm³/mol. The van der Waals surface area contributed by atoms with Gasteiger partial charge in [-0.3, -0.25) is 33.6 Å². The molecule has 0 bridgehead atoms. The van der Waals surface area contributed by atoms with E-state index in [9.17, 15) is 24.0 Å². The summed E-state index contributed by atoms with van der Waals surface area (Å²) in [6.07, 6.45) is 5.84. The molecule has 0 spiro atoms. The molecule has 5 amide bonds. The van der Waals surface area contributed by atoms with Crippen molar-refractivity contribution in [1.82, 2.24) is 50.2 Å². The lowest BCUT2D eigenvalue weighted by atomic mass is 9.90. The number of aryl methyl sites for hydroxylation is 3. The second-order valence-corrected chi connectivity index (χ2v) is 40.1. The fraction of sp³-hybridized carbons (Fsp3) is 0.247. The highest BCUT2D eigenvalue weighted by Gasteiger charge is 2.63. The average molecular weight is 2000 g/mol. The molecule has 0 aliphatic carbocycles. The molecule has 0 unspecified atom stereocenters. The molecule has 6 atom stereocenters. The number of halogens is 6. The molecule has 4 fully saturated rings. The maximum atomic E-state index is 15.1. The molecule has 13 aromatic rings. The summed E-state index contributed by atoms with van der Waals surface area (Å²) in [5.74, 6) is -1.04. The van der Waals surface area contributed by atoms with Gasteiger partial charge in [-0.05, 0) is 178 Å². The van der Waals surface area contributed by atoms with Crippen LogP contribution >= 0.6 is 130 Å². The topological polar surface area (TPSA) is 209 Å². The van der Waals surface area contributed by atoms with Crippen molar-refractivity contribution in [3.63, 3.8) is 0 Å². The van der Waals surface area contributed by atoms with Crippen molar-refractivity contribution in [2.75, 3.05) is 39.3 Å². The summed E-state index contributed by atoms with van der Waals surface area (Å²) < 4.78 is 5.03. The van der Waals surface area contributed by atoms with Gasteiger partial charge in [0.25, 0.3) is 5.91 Å². The van der Waals surface area contributed by atoms with E-state index in [1.165, 1.54) is 35.3 Å². The Morgan fingerprint density at radius 1 is 0.456 bits per heavy atom. The minimum Gasteiger partial charge on any atom is -0.465 e. The number of hydroxylamine groups is 1. The Hall–Kier alpha value is -9.35. The number of rotatable bonds is 23. The van der Waals surface area contributed by atoms with Gasteiger partial charge in [0, 0.05) is 164 Å². The molecule has 5 N–H and O–H groups in total. The molecule has 4 aliphatic heterocycles. The van der Waals surface area contributed by atoms with E-state index in [2.05, 4.69) is 103 Å². The third-order valence-corrected chi connectivity index (χ3v) is 29.9. The van der Waals surface area contributed by atoms with E-state index in [4.69, 9.17) is 56.6 Å². The number of nitrogens with one attached hydrogen (secondary N) is 5.